The number of benzene rings is 1. The first kappa shape index (κ1) is 14.5. The van der Waals surface area contributed by atoms with E-state index in [0.717, 1.165) is 5.56 Å². The van der Waals surface area contributed by atoms with Crippen LogP contribution in [0.3, 0.4) is 0 Å². The molecule has 0 spiro atoms. The third-order valence-electron chi connectivity index (χ3n) is 2.39. The van der Waals surface area contributed by atoms with Crippen molar-refractivity contribution in [2.24, 2.45) is 0 Å². The number of hydrogen-bond donors (Lipinski definition) is 1. The third-order valence-corrected chi connectivity index (χ3v) is 6.43. The zero-order chi connectivity index (χ0) is 13.9. The van der Waals surface area contributed by atoms with Crippen LogP contribution in [-0.2, 0) is 21.4 Å². The van der Waals surface area contributed by atoms with Gasteiger partial charge in [0.15, 0.2) is 4.21 Å². The number of hydrogen-bond acceptors (Lipinski definition) is 4. The highest BCUT2D eigenvalue weighted by Crippen LogP contribution is 2.30. The Kier molecular flexibility index (Phi) is 4.62. The van der Waals surface area contributed by atoms with Gasteiger partial charge in [-0.25, -0.2) is 8.42 Å². The molecule has 0 radical (unpaired) electrons. The minimum absolute atomic E-state index is 0.264. The van der Waals surface area contributed by atoms with E-state index in [9.17, 15) is 8.42 Å². The van der Waals surface area contributed by atoms with Crippen molar-refractivity contribution in [3.8, 4) is 0 Å². The van der Waals surface area contributed by atoms with Gasteiger partial charge in [0.2, 0.25) is 0 Å². The summed E-state index contributed by atoms with van der Waals surface area (Å²) in [7, 11) is -2.00. The highest BCUT2D eigenvalue weighted by molar-refractivity contribution is 9.10. The number of anilines is 1. The Bertz CT molecular complexity index is 667. The van der Waals surface area contributed by atoms with Crippen molar-refractivity contribution in [1.29, 1.82) is 0 Å². The van der Waals surface area contributed by atoms with E-state index >= 15 is 0 Å². The van der Waals surface area contributed by atoms with E-state index in [1.165, 1.54) is 11.3 Å². The molecule has 1 aromatic heterocycles. The van der Waals surface area contributed by atoms with Crippen molar-refractivity contribution < 1.29 is 13.2 Å². The predicted octanol–water partition coefficient (Wildman–Crippen LogP) is 3.46. The molecule has 0 aliphatic carbocycles. The Hall–Kier alpha value is -0.890. The Morgan fingerprint density at radius 1 is 1.32 bits per heavy atom. The number of sulfonamides is 1. The summed E-state index contributed by atoms with van der Waals surface area (Å²) in [6.45, 7) is 0.351. The van der Waals surface area contributed by atoms with Gasteiger partial charge in [0.1, 0.15) is 0 Å². The smallest absolute Gasteiger partial charge is 0.272 e. The molecule has 2 rings (SSSR count). The zero-order valence-electron chi connectivity index (χ0n) is 10.1. The number of rotatable bonds is 5. The first-order valence-corrected chi connectivity index (χ1v) is 8.53. The topological polar surface area (TPSA) is 55.4 Å². The van der Waals surface area contributed by atoms with E-state index in [0.29, 0.717) is 16.8 Å². The van der Waals surface area contributed by atoms with E-state index < -0.39 is 10.0 Å². The molecule has 0 unspecified atom stereocenters. The average molecular weight is 362 g/mol. The minimum atomic E-state index is -3.58. The number of thiophene rings is 1. The molecule has 0 aliphatic rings. The maximum Gasteiger partial charge on any atom is 0.272 e. The van der Waals surface area contributed by atoms with Gasteiger partial charge >= 0.3 is 0 Å². The van der Waals surface area contributed by atoms with Gasteiger partial charge in [-0.2, -0.15) is 0 Å². The van der Waals surface area contributed by atoms with E-state index in [1.54, 1.807) is 30.7 Å². The molecule has 1 heterocycles. The first-order chi connectivity index (χ1) is 9.04. The fourth-order valence-corrected chi connectivity index (χ4v) is 5.00. The monoisotopic (exact) mass is 361 g/mol. The lowest BCUT2D eigenvalue weighted by molar-refractivity contribution is 0.185. The molecule has 4 nitrogen and oxygen atoms in total. The van der Waals surface area contributed by atoms with E-state index in [1.807, 2.05) is 12.1 Å². The Morgan fingerprint density at radius 3 is 2.68 bits per heavy atom. The number of halogens is 1. The molecule has 102 valence electrons. The van der Waals surface area contributed by atoms with Crippen LogP contribution in [0.25, 0.3) is 0 Å². The fraction of sp³-hybridized carbons (Fsp3) is 0.167. The number of para-hydroxylation sites is 1. The molecule has 0 fully saturated rings. The number of methoxy groups -OCH3 is 1. The normalized spacial score (nSPS) is 11.5. The lowest BCUT2D eigenvalue weighted by Crippen LogP contribution is -2.13. The quantitative estimate of drug-likeness (QED) is 0.886. The molecule has 19 heavy (non-hydrogen) atoms. The molecular weight excluding hydrogens is 350 g/mol. The van der Waals surface area contributed by atoms with Gasteiger partial charge in [0.05, 0.1) is 12.3 Å². The molecule has 7 heteroatoms. The molecule has 0 bridgehead atoms. The van der Waals surface area contributed by atoms with Gasteiger partial charge in [0.25, 0.3) is 10.0 Å². The van der Waals surface area contributed by atoms with Gasteiger partial charge in [-0.1, -0.05) is 18.2 Å². The number of nitrogens with one attached hydrogen (secondary N) is 1. The largest absolute Gasteiger partial charge is 0.380 e. The van der Waals surface area contributed by atoms with Gasteiger partial charge < -0.3 is 4.74 Å². The summed E-state index contributed by atoms with van der Waals surface area (Å²) in [5.74, 6) is 0. The van der Waals surface area contributed by atoms with Gasteiger partial charge in [-0.05, 0) is 33.4 Å². The van der Waals surface area contributed by atoms with Crippen LogP contribution >= 0.6 is 27.3 Å². The minimum Gasteiger partial charge on any atom is -0.380 e. The molecule has 0 saturated carbocycles. The predicted molar refractivity (Wildman–Crippen MR) is 80.0 cm³/mol. The standard InChI is InChI=1S/C12H12BrNO3S2/c1-17-8-9-4-2-3-5-11(9)14-19(15,16)12-10(13)6-7-18-12/h2-7,14H,8H2,1H3. The van der Waals surface area contributed by atoms with Crippen molar-refractivity contribution in [2.75, 3.05) is 11.8 Å². The highest BCUT2D eigenvalue weighted by Gasteiger charge is 2.20. The Balaban J connectivity index is 2.34. The lowest BCUT2D eigenvalue weighted by atomic mass is 10.2. The molecule has 0 atom stereocenters. The highest BCUT2D eigenvalue weighted by atomic mass is 79.9. The summed E-state index contributed by atoms with van der Waals surface area (Å²) >= 11 is 4.40. The lowest BCUT2D eigenvalue weighted by Gasteiger charge is -2.11. The summed E-state index contributed by atoms with van der Waals surface area (Å²) in [6.07, 6.45) is 0. The van der Waals surface area contributed by atoms with Crippen molar-refractivity contribution in [1.82, 2.24) is 0 Å². The van der Waals surface area contributed by atoms with Crippen LogP contribution in [0.5, 0.6) is 0 Å². The van der Waals surface area contributed by atoms with Crippen LogP contribution in [-0.4, -0.2) is 15.5 Å². The molecule has 2 aromatic rings. The van der Waals surface area contributed by atoms with E-state index in [4.69, 9.17) is 4.74 Å². The van der Waals surface area contributed by atoms with E-state index in [2.05, 4.69) is 20.7 Å². The maximum atomic E-state index is 12.3. The summed E-state index contributed by atoms with van der Waals surface area (Å²) in [5, 5.41) is 1.72. The van der Waals surface area contributed by atoms with Crippen LogP contribution in [0, 0.1) is 0 Å². The fourth-order valence-electron chi connectivity index (χ4n) is 1.56. The van der Waals surface area contributed by atoms with E-state index in [-0.39, 0.29) is 4.21 Å². The Labute approximate surface area is 124 Å². The zero-order valence-corrected chi connectivity index (χ0v) is 13.3. The molecule has 1 N–H and O–H groups in total. The van der Waals surface area contributed by atoms with Crippen molar-refractivity contribution in [3.63, 3.8) is 0 Å². The van der Waals surface area contributed by atoms with Gasteiger partial charge in [-0.15, -0.1) is 11.3 Å². The van der Waals surface area contributed by atoms with Crippen LogP contribution in [0.2, 0.25) is 0 Å². The molecule has 0 saturated heterocycles. The van der Waals surface area contributed by atoms with Crippen molar-refractivity contribution in [3.05, 3.63) is 45.7 Å². The summed E-state index contributed by atoms with van der Waals surface area (Å²) in [4.78, 5) is 0. The summed E-state index contributed by atoms with van der Waals surface area (Å²) < 4.78 is 33.0. The second kappa shape index (κ2) is 6.04. The van der Waals surface area contributed by atoms with Crippen LogP contribution in [0.4, 0.5) is 5.69 Å². The molecule has 0 aliphatic heterocycles. The van der Waals surface area contributed by atoms with Gasteiger partial charge in [-0.3, -0.25) is 4.72 Å². The van der Waals surface area contributed by atoms with Crippen molar-refractivity contribution >= 4 is 43.0 Å². The molecular formula is C12H12BrNO3S2. The second-order valence-electron chi connectivity index (χ2n) is 3.75. The Morgan fingerprint density at radius 2 is 2.05 bits per heavy atom. The van der Waals surface area contributed by atoms with Crippen molar-refractivity contribution in [2.45, 2.75) is 10.8 Å². The second-order valence-corrected chi connectivity index (χ2v) is 7.40. The third kappa shape index (κ3) is 3.36. The number of ether oxygens (including phenoxy) is 1. The summed E-state index contributed by atoms with van der Waals surface area (Å²) in [6, 6.07) is 8.87. The first-order valence-electron chi connectivity index (χ1n) is 5.37. The average Bonchev–Trinajstić information content (AvgIpc) is 2.79. The van der Waals surface area contributed by atoms with Gasteiger partial charge in [0, 0.05) is 17.1 Å². The molecule has 1 aromatic carbocycles. The van der Waals surface area contributed by atoms with Crippen LogP contribution < -0.4 is 4.72 Å². The molecule has 0 amide bonds. The van der Waals surface area contributed by atoms with Crippen LogP contribution in [0.15, 0.2) is 44.4 Å². The summed E-state index contributed by atoms with van der Waals surface area (Å²) in [5.41, 5.74) is 1.32. The van der Waals surface area contributed by atoms with Crippen LogP contribution in [0.1, 0.15) is 5.56 Å². The maximum absolute atomic E-state index is 12.3. The SMILES string of the molecule is COCc1ccccc1NS(=O)(=O)c1sccc1Br.